The lowest BCUT2D eigenvalue weighted by molar-refractivity contribution is -0.142. The van der Waals surface area contributed by atoms with Gasteiger partial charge in [-0.25, -0.2) is 4.79 Å². The van der Waals surface area contributed by atoms with Crippen LogP contribution in [-0.2, 0) is 16.1 Å². The molecule has 1 unspecified atom stereocenters. The minimum absolute atomic E-state index is 0.174. The maximum absolute atomic E-state index is 11.7. The van der Waals surface area contributed by atoms with Crippen molar-refractivity contribution in [2.24, 2.45) is 0 Å². The molecule has 0 aromatic carbocycles. The number of nitrogens with one attached hydrogen (secondary N) is 1. The van der Waals surface area contributed by atoms with Crippen LogP contribution in [0.25, 0.3) is 0 Å². The summed E-state index contributed by atoms with van der Waals surface area (Å²) in [5, 5.41) is 11.3. The smallest absolute Gasteiger partial charge is 0.326 e. The van der Waals surface area contributed by atoms with E-state index >= 15 is 0 Å². The molecule has 0 aliphatic rings. The van der Waals surface area contributed by atoms with Gasteiger partial charge in [0.1, 0.15) is 12.6 Å². The number of aliphatic carboxylic acids is 1. The molecule has 1 aromatic heterocycles. The van der Waals surface area contributed by atoms with Gasteiger partial charge in [-0.1, -0.05) is 13.3 Å². The molecule has 1 amide bonds. The third-order valence-corrected chi connectivity index (χ3v) is 2.68. The van der Waals surface area contributed by atoms with Crippen molar-refractivity contribution < 1.29 is 14.7 Å². The van der Waals surface area contributed by atoms with E-state index in [9.17, 15) is 14.4 Å². The summed E-state index contributed by atoms with van der Waals surface area (Å²) in [5.41, 5.74) is 0.536. The number of nitrogens with zero attached hydrogens (tertiary/aromatic N) is 1. The zero-order valence-electron chi connectivity index (χ0n) is 11.0. The van der Waals surface area contributed by atoms with E-state index in [-0.39, 0.29) is 12.1 Å². The number of hydrogen-bond donors (Lipinski definition) is 2. The number of pyridine rings is 1. The van der Waals surface area contributed by atoms with Gasteiger partial charge in [-0.05, 0) is 25.0 Å². The fourth-order valence-electron chi connectivity index (χ4n) is 1.68. The van der Waals surface area contributed by atoms with Crippen LogP contribution in [0.5, 0.6) is 0 Å². The van der Waals surface area contributed by atoms with Gasteiger partial charge in [0.2, 0.25) is 5.91 Å². The number of amides is 1. The Labute approximate surface area is 111 Å². The number of carbonyl (C=O) groups excluding carboxylic acids is 1. The van der Waals surface area contributed by atoms with Crippen molar-refractivity contribution in [3.05, 3.63) is 34.2 Å². The van der Waals surface area contributed by atoms with E-state index < -0.39 is 17.9 Å². The summed E-state index contributed by atoms with van der Waals surface area (Å²) in [7, 11) is 0. The number of rotatable bonds is 6. The molecule has 0 fully saturated rings. The Morgan fingerprint density at radius 3 is 2.68 bits per heavy atom. The third kappa shape index (κ3) is 4.57. The molecule has 19 heavy (non-hydrogen) atoms. The molecule has 0 radical (unpaired) electrons. The van der Waals surface area contributed by atoms with Crippen LogP contribution in [-0.4, -0.2) is 27.6 Å². The van der Waals surface area contributed by atoms with Crippen molar-refractivity contribution in [1.29, 1.82) is 0 Å². The Morgan fingerprint density at radius 1 is 1.47 bits per heavy atom. The summed E-state index contributed by atoms with van der Waals surface area (Å²) in [6.07, 6.45) is 2.54. The highest BCUT2D eigenvalue weighted by atomic mass is 16.4. The molecule has 6 nitrogen and oxygen atoms in total. The summed E-state index contributed by atoms with van der Waals surface area (Å²) in [5.74, 6) is -1.54. The van der Waals surface area contributed by atoms with E-state index in [1.165, 1.54) is 16.8 Å². The molecule has 0 aliphatic heterocycles. The second-order valence-electron chi connectivity index (χ2n) is 4.42. The summed E-state index contributed by atoms with van der Waals surface area (Å²) >= 11 is 0. The van der Waals surface area contributed by atoms with Crippen molar-refractivity contribution in [2.75, 3.05) is 0 Å². The largest absolute Gasteiger partial charge is 0.480 e. The van der Waals surface area contributed by atoms with Gasteiger partial charge in [0.15, 0.2) is 0 Å². The molecule has 0 spiro atoms. The van der Waals surface area contributed by atoms with Crippen LogP contribution in [0, 0.1) is 6.92 Å². The van der Waals surface area contributed by atoms with Crippen LogP contribution in [0.15, 0.2) is 23.1 Å². The monoisotopic (exact) mass is 266 g/mol. The predicted octanol–water partition coefficient (Wildman–Crippen LogP) is 0.526. The van der Waals surface area contributed by atoms with Crippen LogP contribution in [0.4, 0.5) is 0 Å². The Morgan fingerprint density at radius 2 is 2.16 bits per heavy atom. The average Bonchev–Trinajstić information content (AvgIpc) is 2.32. The molecule has 0 saturated carbocycles. The zero-order valence-corrected chi connectivity index (χ0v) is 11.0. The predicted molar refractivity (Wildman–Crippen MR) is 69.9 cm³/mol. The van der Waals surface area contributed by atoms with Crippen molar-refractivity contribution in [2.45, 2.75) is 39.3 Å². The first-order valence-electron chi connectivity index (χ1n) is 6.13. The van der Waals surface area contributed by atoms with Crippen LogP contribution < -0.4 is 10.9 Å². The molecule has 1 rings (SSSR count). The highest BCUT2D eigenvalue weighted by molar-refractivity contribution is 5.83. The van der Waals surface area contributed by atoms with E-state index in [0.717, 1.165) is 5.56 Å². The average molecular weight is 266 g/mol. The third-order valence-electron chi connectivity index (χ3n) is 2.68. The van der Waals surface area contributed by atoms with Gasteiger partial charge in [0, 0.05) is 12.3 Å². The summed E-state index contributed by atoms with van der Waals surface area (Å²) in [6.45, 7) is 3.45. The Bertz CT molecular complexity index is 522. The summed E-state index contributed by atoms with van der Waals surface area (Å²) in [6, 6.07) is 2.24. The van der Waals surface area contributed by atoms with Gasteiger partial charge in [0.25, 0.3) is 5.56 Å². The van der Waals surface area contributed by atoms with E-state index in [4.69, 9.17) is 5.11 Å². The lowest BCUT2D eigenvalue weighted by atomic mass is 10.1. The Balaban J connectivity index is 2.69. The Hall–Kier alpha value is -2.11. The lowest BCUT2D eigenvalue weighted by Crippen LogP contribution is -2.43. The number of carboxylic acid groups (broad SMARTS) is 1. The van der Waals surface area contributed by atoms with Crippen LogP contribution in [0.1, 0.15) is 25.3 Å². The van der Waals surface area contributed by atoms with Gasteiger partial charge in [-0.3, -0.25) is 9.59 Å². The van der Waals surface area contributed by atoms with E-state index in [0.29, 0.717) is 12.8 Å². The molecule has 104 valence electrons. The molecular formula is C13H18N2O4. The van der Waals surface area contributed by atoms with Crippen molar-refractivity contribution >= 4 is 11.9 Å². The highest BCUT2D eigenvalue weighted by Gasteiger charge is 2.18. The fourth-order valence-corrected chi connectivity index (χ4v) is 1.68. The first kappa shape index (κ1) is 14.9. The van der Waals surface area contributed by atoms with Crippen LogP contribution in [0.2, 0.25) is 0 Å². The fraction of sp³-hybridized carbons (Fsp3) is 0.462. The number of aryl methyl sites for hydroxylation is 1. The number of carbonyl (C=O) groups is 2. The van der Waals surface area contributed by atoms with E-state index in [2.05, 4.69) is 5.32 Å². The van der Waals surface area contributed by atoms with Gasteiger partial charge in [-0.2, -0.15) is 0 Å². The molecule has 0 saturated heterocycles. The second kappa shape index (κ2) is 6.72. The zero-order chi connectivity index (χ0) is 14.4. The maximum atomic E-state index is 11.7. The molecule has 0 aliphatic carbocycles. The normalized spacial score (nSPS) is 11.9. The van der Waals surface area contributed by atoms with E-state index in [1.807, 2.05) is 6.92 Å². The molecule has 2 N–H and O–H groups in total. The van der Waals surface area contributed by atoms with Gasteiger partial charge in [-0.15, -0.1) is 0 Å². The maximum Gasteiger partial charge on any atom is 0.326 e. The molecule has 0 bridgehead atoms. The Kier molecular flexibility index (Phi) is 5.29. The molecule has 6 heteroatoms. The second-order valence-corrected chi connectivity index (χ2v) is 4.42. The number of aromatic nitrogens is 1. The topological polar surface area (TPSA) is 88.4 Å². The molecule has 1 atom stereocenters. The minimum Gasteiger partial charge on any atom is -0.480 e. The minimum atomic E-state index is -1.06. The molecule has 1 aromatic rings. The van der Waals surface area contributed by atoms with Crippen molar-refractivity contribution in [3.63, 3.8) is 0 Å². The number of carboxylic acids is 1. The number of hydrogen-bond acceptors (Lipinski definition) is 3. The summed E-state index contributed by atoms with van der Waals surface area (Å²) < 4.78 is 1.24. The summed E-state index contributed by atoms with van der Waals surface area (Å²) in [4.78, 5) is 34.2. The quantitative estimate of drug-likeness (QED) is 0.786. The van der Waals surface area contributed by atoms with Gasteiger partial charge in [0.05, 0.1) is 0 Å². The first-order chi connectivity index (χ1) is 8.93. The molecular weight excluding hydrogens is 248 g/mol. The molecule has 1 heterocycles. The van der Waals surface area contributed by atoms with Crippen LogP contribution >= 0.6 is 0 Å². The lowest BCUT2D eigenvalue weighted by Gasteiger charge is -2.14. The SMILES string of the molecule is CCCC(NC(=O)Cn1ccc(C)cc1=O)C(=O)O. The van der Waals surface area contributed by atoms with E-state index in [1.54, 1.807) is 13.0 Å². The van der Waals surface area contributed by atoms with Gasteiger partial charge >= 0.3 is 5.97 Å². The highest BCUT2D eigenvalue weighted by Crippen LogP contribution is 1.97. The first-order valence-corrected chi connectivity index (χ1v) is 6.13. The standard InChI is InChI=1S/C13H18N2O4/c1-3-4-10(13(18)19)14-11(16)8-15-6-5-9(2)7-12(15)17/h5-7,10H,3-4,8H2,1-2H3,(H,14,16)(H,18,19). The van der Waals surface area contributed by atoms with Crippen LogP contribution in [0.3, 0.4) is 0 Å². The van der Waals surface area contributed by atoms with Gasteiger partial charge < -0.3 is 15.0 Å². The van der Waals surface area contributed by atoms with Crippen molar-refractivity contribution in [1.82, 2.24) is 9.88 Å². The van der Waals surface area contributed by atoms with Crippen molar-refractivity contribution in [3.8, 4) is 0 Å².